The molecule has 17 heavy (non-hydrogen) atoms. The van der Waals surface area contributed by atoms with Crippen LogP contribution >= 0.6 is 0 Å². The van der Waals surface area contributed by atoms with Gasteiger partial charge in [-0.05, 0) is 12.8 Å². The molecule has 0 bridgehead atoms. The Kier molecular flexibility index (Phi) is 2.83. The van der Waals surface area contributed by atoms with Gasteiger partial charge in [0.25, 0.3) is 0 Å². The highest BCUT2D eigenvalue weighted by molar-refractivity contribution is 5.87. The summed E-state index contributed by atoms with van der Waals surface area (Å²) in [6.07, 6.45) is 6.07. The third-order valence-electron chi connectivity index (χ3n) is 3.41. The van der Waals surface area contributed by atoms with Gasteiger partial charge in [-0.15, -0.1) is 0 Å². The number of nitrogens with zero attached hydrogens (tertiary/aromatic N) is 2. The van der Waals surface area contributed by atoms with Crippen LogP contribution in [0.1, 0.15) is 31.2 Å². The molecule has 1 aliphatic carbocycles. The van der Waals surface area contributed by atoms with Crippen LogP contribution in [0.4, 0.5) is 0 Å². The smallest absolute Gasteiger partial charge is 0.314 e. The van der Waals surface area contributed by atoms with E-state index in [1.54, 1.807) is 12.4 Å². The number of hydrogen-bond acceptors (Lipinski definition) is 3. The molecule has 0 amide bonds. The average molecular weight is 234 g/mol. The quantitative estimate of drug-likeness (QED) is 0.859. The van der Waals surface area contributed by atoms with Crippen molar-refractivity contribution in [2.45, 2.75) is 31.1 Å². The second-order valence-electron chi connectivity index (χ2n) is 4.32. The summed E-state index contributed by atoms with van der Waals surface area (Å²) in [6.45, 7) is 3.57. The number of Topliss-reactive ketones (excluding diaryl/α,β-unsaturated/α-hetero) is 1. The van der Waals surface area contributed by atoms with Crippen molar-refractivity contribution >= 4 is 18.0 Å². The van der Waals surface area contributed by atoms with Crippen LogP contribution in [0, 0.1) is 0 Å². The molecule has 1 heterocycles. The number of carbonyl (C=O) groups is 2. The van der Waals surface area contributed by atoms with E-state index in [9.17, 15) is 14.7 Å². The molecule has 0 radical (unpaired) electrons. The highest BCUT2D eigenvalue weighted by Gasteiger charge is 2.44. The van der Waals surface area contributed by atoms with E-state index in [4.69, 9.17) is 0 Å². The van der Waals surface area contributed by atoms with E-state index in [1.807, 2.05) is 0 Å². The first-order valence-electron chi connectivity index (χ1n) is 5.51. The fourth-order valence-corrected chi connectivity index (χ4v) is 2.27. The van der Waals surface area contributed by atoms with Crippen molar-refractivity contribution in [3.05, 3.63) is 24.5 Å². The van der Waals surface area contributed by atoms with E-state index in [2.05, 4.69) is 11.7 Å². The van der Waals surface area contributed by atoms with Crippen LogP contribution in [0.25, 0.3) is 6.20 Å². The van der Waals surface area contributed by atoms with Crippen LogP contribution in [0.3, 0.4) is 0 Å². The Morgan fingerprint density at radius 3 is 2.65 bits per heavy atom. The van der Waals surface area contributed by atoms with Gasteiger partial charge in [0.2, 0.25) is 0 Å². The molecule has 1 fully saturated rings. The van der Waals surface area contributed by atoms with Gasteiger partial charge in [0.05, 0.1) is 11.6 Å². The topological polar surface area (TPSA) is 72.2 Å². The first-order valence-corrected chi connectivity index (χ1v) is 5.51. The molecule has 0 atom stereocenters. The minimum absolute atomic E-state index is 0.137. The predicted molar refractivity (Wildman–Crippen MR) is 61.4 cm³/mol. The van der Waals surface area contributed by atoms with Crippen molar-refractivity contribution in [2.75, 3.05) is 0 Å². The molecular weight excluding hydrogens is 220 g/mol. The van der Waals surface area contributed by atoms with Crippen molar-refractivity contribution in [1.29, 1.82) is 0 Å². The summed E-state index contributed by atoms with van der Waals surface area (Å²) in [5, 5.41) is 13.4. The van der Waals surface area contributed by atoms with E-state index in [1.165, 1.54) is 10.9 Å². The molecule has 5 heteroatoms. The highest BCUT2D eigenvalue weighted by Crippen LogP contribution is 2.38. The van der Waals surface area contributed by atoms with Gasteiger partial charge in [-0.25, -0.2) is 4.68 Å². The molecule has 0 saturated heterocycles. The lowest BCUT2D eigenvalue weighted by Crippen LogP contribution is -2.39. The van der Waals surface area contributed by atoms with Gasteiger partial charge < -0.3 is 5.11 Å². The minimum Gasteiger partial charge on any atom is -0.481 e. The van der Waals surface area contributed by atoms with Crippen molar-refractivity contribution in [2.24, 2.45) is 0 Å². The minimum atomic E-state index is -0.963. The van der Waals surface area contributed by atoms with Crippen molar-refractivity contribution < 1.29 is 14.7 Å². The number of rotatable bonds is 3. The number of carboxylic acid groups (broad SMARTS) is 1. The summed E-state index contributed by atoms with van der Waals surface area (Å²) >= 11 is 0. The van der Waals surface area contributed by atoms with Gasteiger partial charge in [-0.1, -0.05) is 6.58 Å². The molecular formula is C12H14N2O3. The molecule has 1 aliphatic rings. The molecule has 0 aliphatic heterocycles. The SMILES string of the molecule is C=Cn1cc(C2(C(=O)O)CCC(=O)CC2)cn1. The normalized spacial score (nSPS) is 18.9. The van der Waals surface area contributed by atoms with Crippen molar-refractivity contribution in [3.63, 3.8) is 0 Å². The van der Waals surface area contributed by atoms with Gasteiger partial charge in [-0.3, -0.25) is 9.59 Å². The Hall–Kier alpha value is -1.91. The standard InChI is InChI=1S/C12H14N2O3/c1-2-14-8-9(7-13-14)12(11(16)17)5-3-10(15)4-6-12/h2,7-8H,1,3-6H2,(H,16,17). The van der Waals surface area contributed by atoms with Crippen LogP contribution in [-0.2, 0) is 15.0 Å². The van der Waals surface area contributed by atoms with E-state index in [-0.39, 0.29) is 5.78 Å². The molecule has 2 rings (SSSR count). The second kappa shape index (κ2) is 4.16. The predicted octanol–water partition coefficient (Wildman–Crippen LogP) is 1.45. The molecule has 1 aromatic heterocycles. The number of carboxylic acids is 1. The summed E-state index contributed by atoms with van der Waals surface area (Å²) in [5.41, 5.74) is -0.313. The maximum atomic E-state index is 11.5. The first-order chi connectivity index (χ1) is 8.08. The number of carbonyl (C=O) groups excluding carboxylic acids is 1. The number of aliphatic carboxylic acids is 1. The number of hydrogen-bond donors (Lipinski definition) is 1. The van der Waals surface area contributed by atoms with Gasteiger partial charge in [0.15, 0.2) is 0 Å². The molecule has 0 spiro atoms. The Bertz CT molecular complexity index is 466. The third-order valence-corrected chi connectivity index (χ3v) is 3.41. The molecule has 0 unspecified atom stereocenters. The lowest BCUT2D eigenvalue weighted by atomic mass is 9.70. The fraction of sp³-hybridized carbons (Fsp3) is 0.417. The van der Waals surface area contributed by atoms with Crippen LogP contribution < -0.4 is 0 Å². The Morgan fingerprint density at radius 2 is 2.18 bits per heavy atom. The van der Waals surface area contributed by atoms with Crippen LogP contribution in [0.2, 0.25) is 0 Å². The molecule has 1 saturated carbocycles. The molecule has 0 aromatic carbocycles. The Labute approximate surface area is 98.7 Å². The zero-order chi connectivity index (χ0) is 12.5. The van der Waals surface area contributed by atoms with Gasteiger partial charge >= 0.3 is 5.97 Å². The van der Waals surface area contributed by atoms with Crippen LogP contribution in [-0.4, -0.2) is 26.6 Å². The average Bonchev–Trinajstić information content (AvgIpc) is 2.79. The van der Waals surface area contributed by atoms with Gasteiger partial charge in [0.1, 0.15) is 5.78 Å². The largest absolute Gasteiger partial charge is 0.481 e. The molecule has 5 nitrogen and oxygen atoms in total. The van der Waals surface area contributed by atoms with E-state index in [0.29, 0.717) is 31.2 Å². The third kappa shape index (κ3) is 1.88. The summed E-state index contributed by atoms with van der Waals surface area (Å²) in [7, 11) is 0. The lowest BCUT2D eigenvalue weighted by molar-refractivity contribution is -0.146. The Balaban J connectivity index is 2.37. The number of ketones is 1. The monoisotopic (exact) mass is 234 g/mol. The fourth-order valence-electron chi connectivity index (χ4n) is 2.27. The highest BCUT2D eigenvalue weighted by atomic mass is 16.4. The molecule has 90 valence electrons. The summed E-state index contributed by atoms with van der Waals surface area (Å²) in [4.78, 5) is 22.7. The number of aromatic nitrogens is 2. The first kappa shape index (κ1) is 11.6. The van der Waals surface area contributed by atoms with Gasteiger partial charge in [-0.2, -0.15) is 5.10 Å². The van der Waals surface area contributed by atoms with E-state index in [0.717, 1.165) is 0 Å². The summed E-state index contributed by atoms with van der Waals surface area (Å²) in [6, 6.07) is 0. The van der Waals surface area contributed by atoms with E-state index >= 15 is 0 Å². The zero-order valence-corrected chi connectivity index (χ0v) is 9.43. The lowest BCUT2D eigenvalue weighted by Gasteiger charge is -2.31. The summed E-state index contributed by atoms with van der Waals surface area (Å²) in [5.74, 6) is -0.744. The van der Waals surface area contributed by atoms with Crippen molar-refractivity contribution in [1.82, 2.24) is 9.78 Å². The van der Waals surface area contributed by atoms with Gasteiger partial charge in [0, 0.05) is 30.8 Å². The van der Waals surface area contributed by atoms with E-state index < -0.39 is 11.4 Å². The Morgan fingerprint density at radius 1 is 1.53 bits per heavy atom. The zero-order valence-electron chi connectivity index (χ0n) is 9.43. The van der Waals surface area contributed by atoms with Crippen LogP contribution in [0.5, 0.6) is 0 Å². The maximum Gasteiger partial charge on any atom is 0.314 e. The van der Waals surface area contributed by atoms with Crippen LogP contribution in [0.15, 0.2) is 19.0 Å². The maximum absolute atomic E-state index is 11.5. The summed E-state index contributed by atoms with van der Waals surface area (Å²) < 4.78 is 1.48. The molecule has 1 aromatic rings. The molecule has 1 N–H and O–H groups in total. The van der Waals surface area contributed by atoms with Crippen molar-refractivity contribution in [3.8, 4) is 0 Å². The second-order valence-corrected chi connectivity index (χ2v) is 4.32.